The van der Waals surface area contributed by atoms with Gasteiger partial charge in [-0.15, -0.1) is 10.2 Å². The first kappa shape index (κ1) is 17.9. The molecule has 0 unspecified atom stereocenters. The van der Waals surface area contributed by atoms with Crippen LogP contribution in [0.25, 0.3) is 0 Å². The SMILES string of the molecule is O=C(CSc1nnc(NC[C@@H]2CCCO2)s1)c1ccc2c(c1)CCCC2. The van der Waals surface area contributed by atoms with E-state index in [0.29, 0.717) is 5.75 Å². The average molecular weight is 390 g/mol. The number of benzene rings is 1. The molecule has 1 aromatic carbocycles. The molecule has 1 aliphatic carbocycles. The molecule has 1 N–H and O–H groups in total. The van der Waals surface area contributed by atoms with Crippen LogP contribution in [0.5, 0.6) is 0 Å². The predicted molar refractivity (Wildman–Crippen MR) is 106 cm³/mol. The minimum Gasteiger partial charge on any atom is -0.376 e. The zero-order valence-corrected chi connectivity index (χ0v) is 16.3. The molecule has 1 saturated heterocycles. The van der Waals surface area contributed by atoms with Crippen LogP contribution in [0, 0.1) is 0 Å². The first-order valence-electron chi connectivity index (χ1n) is 9.25. The number of ketones is 1. The Hall–Kier alpha value is -1.44. The Morgan fingerprint density at radius 2 is 2.12 bits per heavy atom. The van der Waals surface area contributed by atoms with E-state index in [9.17, 15) is 4.79 Å². The summed E-state index contributed by atoms with van der Waals surface area (Å²) in [6, 6.07) is 6.19. The normalized spacial score (nSPS) is 19.3. The van der Waals surface area contributed by atoms with Crippen LogP contribution in [0.4, 0.5) is 5.13 Å². The molecule has 1 fully saturated rings. The maximum atomic E-state index is 12.5. The number of nitrogens with one attached hydrogen (secondary N) is 1. The van der Waals surface area contributed by atoms with Crippen molar-refractivity contribution in [3.05, 3.63) is 34.9 Å². The van der Waals surface area contributed by atoms with E-state index in [2.05, 4.69) is 27.6 Å². The number of nitrogens with zero attached hydrogens (tertiary/aromatic N) is 2. The van der Waals surface area contributed by atoms with Gasteiger partial charge in [-0.3, -0.25) is 4.79 Å². The maximum Gasteiger partial charge on any atom is 0.206 e. The smallest absolute Gasteiger partial charge is 0.206 e. The number of carbonyl (C=O) groups is 1. The third-order valence-corrected chi connectivity index (χ3v) is 6.92. The van der Waals surface area contributed by atoms with Crippen molar-refractivity contribution in [1.82, 2.24) is 10.2 Å². The van der Waals surface area contributed by atoms with Crippen molar-refractivity contribution in [3.8, 4) is 0 Å². The zero-order chi connectivity index (χ0) is 17.8. The topological polar surface area (TPSA) is 64.1 Å². The standard InChI is InChI=1S/C19H23N3O2S2/c23-17(15-8-7-13-4-1-2-5-14(13)10-15)12-25-19-22-21-18(26-19)20-11-16-6-3-9-24-16/h7-8,10,16H,1-6,9,11-12H2,(H,20,21)/t16-/m0/s1. The van der Waals surface area contributed by atoms with Gasteiger partial charge in [-0.1, -0.05) is 35.2 Å². The van der Waals surface area contributed by atoms with Crippen LogP contribution in [0.15, 0.2) is 22.5 Å². The van der Waals surface area contributed by atoms with Crippen LogP contribution in [0.3, 0.4) is 0 Å². The van der Waals surface area contributed by atoms with Crippen molar-refractivity contribution in [3.63, 3.8) is 0 Å². The lowest BCUT2D eigenvalue weighted by Crippen LogP contribution is -2.18. The number of thioether (sulfide) groups is 1. The van der Waals surface area contributed by atoms with E-state index in [1.165, 1.54) is 47.1 Å². The number of carbonyl (C=O) groups excluding carboxylic acids is 1. The van der Waals surface area contributed by atoms with E-state index in [1.54, 1.807) is 0 Å². The van der Waals surface area contributed by atoms with Crippen molar-refractivity contribution >= 4 is 34.0 Å². The van der Waals surface area contributed by atoms with Gasteiger partial charge >= 0.3 is 0 Å². The molecule has 1 aliphatic heterocycles. The number of rotatable bonds is 7. The minimum absolute atomic E-state index is 0.160. The fraction of sp³-hybridized carbons (Fsp3) is 0.526. The third-order valence-electron chi connectivity index (χ3n) is 4.91. The number of aryl methyl sites for hydroxylation is 2. The van der Waals surface area contributed by atoms with E-state index in [1.807, 2.05) is 6.07 Å². The Morgan fingerprint density at radius 1 is 1.23 bits per heavy atom. The van der Waals surface area contributed by atoms with Gasteiger partial charge in [0.1, 0.15) is 0 Å². The molecule has 0 bridgehead atoms. The Kier molecular flexibility index (Phi) is 5.87. The fourth-order valence-corrected chi connectivity index (χ4v) is 5.12. The number of hydrogen-bond donors (Lipinski definition) is 1. The number of anilines is 1. The first-order valence-corrected chi connectivity index (χ1v) is 11.0. The van der Waals surface area contributed by atoms with Gasteiger partial charge in [0.2, 0.25) is 5.13 Å². The molecule has 4 rings (SSSR count). The number of Topliss-reactive ketones (excluding diaryl/α,β-unsaturated/α-hetero) is 1. The molecule has 7 heteroatoms. The van der Waals surface area contributed by atoms with E-state index >= 15 is 0 Å². The summed E-state index contributed by atoms with van der Waals surface area (Å²) >= 11 is 2.96. The van der Waals surface area contributed by atoms with E-state index < -0.39 is 0 Å². The van der Waals surface area contributed by atoms with Crippen molar-refractivity contribution in [2.45, 2.75) is 49.0 Å². The molecular weight excluding hydrogens is 366 g/mol. The first-order chi connectivity index (χ1) is 12.8. The molecule has 0 amide bonds. The summed E-state index contributed by atoms with van der Waals surface area (Å²) in [6.07, 6.45) is 7.24. The molecule has 5 nitrogen and oxygen atoms in total. The van der Waals surface area contributed by atoms with Gasteiger partial charge in [-0.25, -0.2) is 0 Å². The molecule has 2 aliphatic rings. The van der Waals surface area contributed by atoms with Crippen LogP contribution in [0.1, 0.15) is 47.2 Å². The second-order valence-corrected chi connectivity index (χ2v) is 8.99. The molecule has 2 heterocycles. The fourth-order valence-electron chi connectivity index (χ4n) is 3.46. The maximum absolute atomic E-state index is 12.5. The van der Waals surface area contributed by atoms with E-state index in [4.69, 9.17) is 4.74 Å². The summed E-state index contributed by atoms with van der Waals surface area (Å²) < 4.78 is 6.42. The lowest BCUT2D eigenvalue weighted by molar-refractivity contribution is 0.102. The third kappa shape index (κ3) is 4.45. The van der Waals surface area contributed by atoms with Crippen molar-refractivity contribution in [1.29, 1.82) is 0 Å². The largest absolute Gasteiger partial charge is 0.376 e. The highest BCUT2D eigenvalue weighted by Gasteiger charge is 2.17. The second-order valence-electron chi connectivity index (χ2n) is 6.79. The molecule has 0 spiro atoms. The van der Waals surface area contributed by atoms with Crippen LogP contribution in [0.2, 0.25) is 0 Å². The second kappa shape index (κ2) is 8.50. The van der Waals surface area contributed by atoms with Crippen LogP contribution in [-0.2, 0) is 17.6 Å². The van der Waals surface area contributed by atoms with Gasteiger partial charge in [0, 0.05) is 18.7 Å². The quantitative estimate of drug-likeness (QED) is 0.571. The lowest BCUT2D eigenvalue weighted by Gasteiger charge is -2.16. The monoisotopic (exact) mass is 389 g/mol. The summed E-state index contributed by atoms with van der Waals surface area (Å²) in [4.78, 5) is 12.5. The number of fused-ring (bicyclic) bond motifs is 1. The summed E-state index contributed by atoms with van der Waals surface area (Å²) in [5.41, 5.74) is 3.58. The Labute approximate surface area is 161 Å². The Balaban J connectivity index is 1.29. The Bertz CT molecular complexity index is 772. The molecule has 1 aromatic heterocycles. The highest BCUT2D eigenvalue weighted by molar-refractivity contribution is 8.01. The summed E-state index contributed by atoms with van der Waals surface area (Å²) in [5, 5.41) is 12.4. The van der Waals surface area contributed by atoms with Gasteiger partial charge in [-0.05, 0) is 55.7 Å². The number of aromatic nitrogens is 2. The predicted octanol–water partition coefficient (Wildman–Crippen LogP) is 3.98. The van der Waals surface area contributed by atoms with Crippen LogP contribution >= 0.6 is 23.1 Å². The molecule has 2 aromatic rings. The van der Waals surface area contributed by atoms with E-state index in [0.717, 1.165) is 53.9 Å². The van der Waals surface area contributed by atoms with Crippen molar-refractivity contribution in [2.75, 3.05) is 24.2 Å². The van der Waals surface area contributed by atoms with Gasteiger partial charge < -0.3 is 10.1 Å². The van der Waals surface area contributed by atoms with Gasteiger partial charge in [0.25, 0.3) is 0 Å². The molecular formula is C19H23N3O2S2. The lowest BCUT2D eigenvalue weighted by atomic mass is 9.90. The number of ether oxygens (including phenoxy) is 1. The molecule has 138 valence electrons. The summed E-state index contributed by atoms with van der Waals surface area (Å²) in [7, 11) is 0. The van der Waals surface area contributed by atoms with Crippen molar-refractivity contribution in [2.24, 2.45) is 0 Å². The molecule has 0 radical (unpaired) electrons. The molecule has 1 atom stereocenters. The average Bonchev–Trinajstić information content (AvgIpc) is 3.36. The Morgan fingerprint density at radius 3 is 2.96 bits per heavy atom. The van der Waals surface area contributed by atoms with Gasteiger partial charge in [0.05, 0.1) is 11.9 Å². The van der Waals surface area contributed by atoms with Gasteiger partial charge in [-0.2, -0.15) is 0 Å². The van der Waals surface area contributed by atoms with Crippen LogP contribution in [-0.4, -0.2) is 41.0 Å². The van der Waals surface area contributed by atoms with Crippen LogP contribution < -0.4 is 5.32 Å². The van der Waals surface area contributed by atoms with Gasteiger partial charge in [0.15, 0.2) is 10.1 Å². The molecule has 0 saturated carbocycles. The van der Waals surface area contributed by atoms with Crippen molar-refractivity contribution < 1.29 is 9.53 Å². The molecule has 26 heavy (non-hydrogen) atoms. The zero-order valence-electron chi connectivity index (χ0n) is 14.7. The highest BCUT2D eigenvalue weighted by Crippen LogP contribution is 2.27. The highest BCUT2D eigenvalue weighted by atomic mass is 32.2. The number of hydrogen-bond acceptors (Lipinski definition) is 7. The summed E-state index contributed by atoms with van der Waals surface area (Å²) in [5.74, 6) is 0.562. The van der Waals surface area contributed by atoms with E-state index in [-0.39, 0.29) is 11.9 Å². The minimum atomic E-state index is 0.160. The summed E-state index contributed by atoms with van der Waals surface area (Å²) in [6.45, 7) is 1.63.